The molecular formula is C19H21N3O3. The zero-order valence-corrected chi connectivity index (χ0v) is 14.3. The van der Waals surface area contributed by atoms with Crippen LogP contribution in [0.1, 0.15) is 24.2 Å². The molecule has 0 aliphatic carbocycles. The molecule has 6 heteroatoms. The zero-order chi connectivity index (χ0) is 18.2. The van der Waals surface area contributed by atoms with Crippen molar-refractivity contribution in [2.24, 2.45) is 5.73 Å². The second-order valence-corrected chi connectivity index (χ2v) is 5.54. The number of aromatic nitrogens is 1. The summed E-state index contributed by atoms with van der Waals surface area (Å²) in [4.78, 5) is 28.9. The van der Waals surface area contributed by atoms with E-state index < -0.39 is 5.91 Å². The number of rotatable bonds is 7. The third-order valence-corrected chi connectivity index (χ3v) is 3.72. The maximum Gasteiger partial charge on any atom is 0.255 e. The number of hydrogen-bond donors (Lipinski definition) is 1. The number of carbonyl (C=O) groups is 2. The van der Waals surface area contributed by atoms with Gasteiger partial charge in [0.25, 0.3) is 5.91 Å². The molecule has 2 rings (SSSR count). The molecule has 0 bridgehead atoms. The molecule has 130 valence electrons. The van der Waals surface area contributed by atoms with Crippen LogP contribution in [-0.4, -0.2) is 35.4 Å². The smallest absolute Gasteiger partial charge is 0.255 e. The van der Waals surface area contributed by atoms with Crippen molar-refractivity contribution in [2.45, 2.75) is 13.0 Å². The molecule has 0 aliphatic rings. The molecule has 0 spiro atoms. The molecule has 2 amide bonds. The first kappa shape index (κ1) is 18.2. The zero-order valence-electron chi connectivity index (χ0n) is 14.3. The van der Waals surface area contributed by atoms with Crippen LogP contribution in [0.3, 0.4) is 0 Å². The largest absolute Gasteiger partial charge is 0.484 e. The standard InChI is InChI=1S/C19H21N3O3/c1-14(17-5-3-4-12-21-17)22(2)19(24)11-8-15-6-9-16(10-7-15)25-13-18(20)23/h3-12,14H,13H2,1-2H3,(H2,20,23). The lowest BCUT2D eigenvalue weighted by Crippen LogP contribution is -2.28. The molecule has 1 aromatic heterocycles. The first-order chi connectivity index (χ1) is 12.0. The molecule has 0 saturated carbocycles. The highest BCUT2D eigenvalue weighted by Gasteiger charge is 2.15. The van der Waals surface area contributed by atoms with Gasteiger partial charge in [0.1, 0.15) is 5.75 Å². The fraction of sp³-hybridized carbons (Fsp3) is 0.211. The van der Waals surface area contributed by atoms with Gasteiger partial charge in [-0.25, -0.2) is 0 Å². The highest BCUT2D eigenvalue weighted by molar-refractivity contribution is 5.91. The van der Waals surface area contributed by atoms with Crippen molar-refractivity contribution >= 4 is 17.9 Å². The average Bonchev–Trinajstić information content (AvgIpc) is 2.64. The molecule has 1 heterocycles. The van der Waals surface area contributed by atoms with Gasteiger partial charge in [-0.3, -0.25) is 14.6 Å². The maximum atomic E-state index is 12.3. The van der Waals surface area contributed by atoms with Crippen LogP contribution in [0.25, 0.3) is 6.08 Å². The normalized spacial score (nSPS) is 11.9. The summed E-state index contributed by atoms with van der Waals surface area (Å²) in [7, 11) is 1.74. The SMILES string of the molecule is CC(c1ccccn1)N(C)C(=O)C=Cc1ccc(OCC(N)=O)cc1. The molecule has 0 saturated heterocycles. The molecule has 0 aliphatic heterocycles. The van der Waals surface area contributed by atoms with Crippen LogP contribution in [0.2, 0.25) is 0 Å². The fourth-order valence-corrected chi connectivity index (χ4v) is 2.13. The van der Waals surface area contributed by atoms with Gasteiger partial charge in [0.15, 0.2) is 6.61 Å². The molecule has 0 radical (unpaired) electrons. The Morgan fingerprint density at radius 1 is 1.24 bits per heavy atom. The third kappa shape index (κ3) is 5.46. The molecule has 1 aromatic carbocycles. The lowest BCUT2D eigenvalue weighted by Gasteiger charge is -2.23. The number of hydrogen-bond acceptors (Lipinski definition) is 4. The minimum absolute atomic E-state index is 0.118. The number of amides is 2. The summed E-state index contributed by atoms with van der Waals surface area (Å²) in [5, 5.41) is 0. The van der Waals surface area contributed by atoms with Crippen LogP contribution in [0.15, 0.2) is 54.7 Å². The molecule has 2 aromatic rings. The van der Waals surface area contributed by atoms with Gasteiger partial charge in [0.05, 0.1) is 11.7 Å². The van der Waals surface area contributed by atoms with Gasteiger partial charge in [-0.05, 0) is 42.8 Å². The minimum atomic E-state index is -0.528. The Hall–Kier alpha value is -3.15. The summed E-state index contributed by atoms with van der Waals surface area (Å²) < 4.78 is 5.19. The van der Waals surface area contributed by atoms with Crippen LogP contribution in [0.5, 0.6) is 5.75 Å². The predicted molar refractivity (Wildman–Crippen MR) is 95.6 cm³/mol. The topological polar surface area (TPSA) is 85.5 Å². The summed E-state index contributed by atoms with van der Waals surface area (Å²) in [5.74, 6) is -0.102. The number of ether oxygens (including phenoxy) is 1. The van der Waals surface area contributed by atoms with Crippen molar-refractivity contribution < 1.29 is 14.3 Å². The monoisotopic (exact) mass is 339 g/mol. The highest BCUT2D eigenvalue weighted by Crippen LogP contribution is 2.17. The van der Waals surface area contributed by atoms with E-state index in [-0.39, 0.29) is 18.6 Å². The first-order valence-corrected chi connectivity index (χ1v) is 7.84. The van der Waals surface area contributed by atoms with Crippen LogP contribution >= 0.6 is 0 Å². The summed E-state index contributed by atoms with van der Waals surface area (Å²) in [6.07, 6.45) is 4.95. The van der Waals surface area contributed by atoms with E-state index in [1.54, 1.807) is 48.5 Å². The van der Waals surface area contributed by atoms with E-state index in [2.05, 4.69) is 4.98 Å². The first-order valence-electron chi connectivity index (χ1n) is 7.84. The molecule has 25 heavy (non-hydrogen) atoms. The number of benzene rings is 1. The minimum Gasteiger partial charge on any atom is -0.484 e. The van der Waals surface area contributed by atoms with Crippen LogP contribution in [0, 0.1) is 0 Å². The number of pyridine rings is 1. The van der Waals surface area contributed by atoms with E-state index in [1.165, 1.54) is 6.08 Å². The van der Waals surface area contributed by atoms with Crippen molar-refractivity contribution in [3.63, 3.8) is 0 Å². The third-order valence-electron chi connectivity index (χ3n) is 3.72. The van der Waals surface area contributed by atoms with Crippen molar-refractivity contribution in [3.05, 3.63) is 66.0 Å². The Morgan fingerprint density at radius 3 is 2.56 bits per heavy atom. The predicted octanol–water partition coefficient (Wildman–Crippen LogP) is 2.18. The fourth-order valence-electron chi connectivity index (χ4n) is 2.13. The van der Waals surface area contributed by atoms with Crippen LogP contribution < -0.4 is 10.5 Å². The van der Waals surface area contributed by atoms with E-state index in [0.29, 0.717) is 5.75 Å². The number of primary amides is 1. The quantitative estimate of drug-likeness (QED) is 0.784. The van der Waals surface area contributed by atoms with Crippen molar-refractivity contribution in [3.8, 4) is 5.75 Å². The van der Waals surface area contributed by atoms with Gasteiger partial charge in [-0.15, -0.1) is 0 Å². The van der Waals surface area contributed by atoms with Gasteiger partial charge in [-0.1, -0.05) is 18.2 Å². The van der Waals surface area contributed by atoms with E-state index in [4.69, 9.17) is 10.5 Å². The summed E-state index contributed by atoms with van der Waals surface area (Å²) in [5.41, 5.74) is 6.71. The van der Waals surface area contributed by atoms with E-state index in [1.807, 2.05) is 25.1 Å². The Kier molecular flexibility index (Phi) is 6.28. The highest BCUT2D eigenvalue weighted by atomic mass is 16.5. The van der Waals surface area contributed by atoms with Gasteiger partial charge < -0.3 is 15.4 Å². The van der Waals surface area contributed by atoms with Crippen molar-refractivity contribution in [1.82, 2.24) is 9.88 Å². The van der Waals surface area contributed by atoms with Gasteiger partial charge in [0.2, 0.25) is 5.91 Å². The molecule has 1 atom stereocenters. The molecule has 6 nitrogen and oxygen atoms in total. The van der Waals surface area contributed by atoms with Gasteiger partial charge in [0, 0.05) is 19.3 Å². The number of likely N-dealkylation sites (N-methyl/N-ethyl adjacent to an activating group) is 1. The summed E-state index contributed by atoms with van der Waals surface area (Å²) in [6.45, 7) is 1.77. The van der Waals surface area contributed by atoms with E-state index in [0.717, 1.165) is 11.3 Å². The summed E-state index contributed by atoms with van der Waals surface area (Å²) in [6, 6.07) is 12.5. The van der Waals surface area contributed by atoms with E-state index >= 15 is 0 Å². The molecule has 0 fully saturated rings. The Morgan fingerprint density at radius 2 is 1.96 bits per heavy atom. The Bertz CT molecular complexity index is 742. The van der Waals surface area contributed by atoms with Crippen molar-refractivity contribution in [1.29, 1.82) is 0 Å². The van der Waals surface area contributed by atoms with E-state index in [9.17, 15) is 9.59 Å². The molecule has 2 N–H and O–H groups in total. The molecule has 1 unspecified atom stereocenters. The molecular weight excluding hydrogens is 318 g/mol. The Balaban J connectivity index is 1.96. The van der Waals surface area contributed by atoms with Crippen LogP contribution in [0.4, 0.5) is 0 Å². The lowest BCUT2D eigenvalue weighted by atomic mass is 10.1. The van der Waals surface area contributed by atoms with Crippen molar-refractivity contribution in [2.75, 3.05) is 13.7 Å². The summed E-state index contributed by atoms with van der Waals surface area (Å²) >= 11 is 0. The number of nitrogens with zero attached hydrogens (tertiary/aromatic N) is 2. The van der Waals surface area contributed by atoms with Gasteiger partial charge in [-0.2, -0.15) is 0 Å². The second-order valence-electron chi connectivity index (χ2n) is 5.54. The Labute approximate surface area is 146 Å². The number of nitrogens with two attached hydrogens (primary N) is 1. The second kappa shape index (κ2) is 8.63. The van der Waals surface area contributed by atoms with Crippen LogP contribution in [-0.2, 0) is 9.59 Å². The lowest BCUT2D eigenvalue weighted by molar-refractivity contribution is -0.126. The number of carbonyl (C=O) groups excluding carboxylic acids is 2. The van der Waals surface area contributed by atoms with Gasteiger partial charge >= 0.3 is 0 Å². The average molecular weight is 339 g/mol. The maximum absolute atomic E-state index is 12.3.